The van der Waals surface area contributed by atoms with Crippen LogP contribution in [0.15, 0.2) is 29.0 Å². The molecular formula is C11H12BrN3O2. The van der Waals surface area contributed by atoms with Crippen LogP contribution in [0.1, 0.15) is 5.69 Å². The van der Waals surface area contributed by atoms with E-state index in [2.05, 4.69) is 31.0 Å². The summed E-state index contributed by atoms with van der Waals surface area (Å²) in [6.45, 7) is 0.512. The molecular weight excluding hydrogens is 286 g/mol. The standard InChI is InChI=1S/C11H12BrN3O2/c1-17-11(16)13-5-4-9-7-15-6-8(12)2-3-10(15)14-9/h2-3,6-7H,4-5H2,1H3,(H,13,16). The molecule has 6 heteroatoms. The van der Waals surface area contributed by atoms with Gasteiger partial charge in [0.05, 0.1) is 12.8 Å². The molecule has 0 aromatic carbocycles. The number of rotatable bonds is 3. The van der Waals surface area contributed by atoms with E-state index in [1.807, 2.05) is 28.9 Å². The Hall–Kier alpha value is -1.56. The van der Waals surface area contributed by atoms with Crippen molar-refractivity contribution in [2.45, 2.75) is 6.42 Å². The number of fused-ring (bicyclic) bond motifs is 1. The van der Waals surface area contributed by atoms with Gasteiger partial charge in [-0.25, -0.2) is 9.78 Å². The van der Waals surface area contributed by atoms with E-state index in [-0.39, 0.29) is 0 Å². The zero-order chi connectivity index (χ0) is 12.3. The Bertz CT molecular complexity index is 538. The number of ether oxygens (including phenoxy) is 1. The molecule has 2 aromatic rings. The number of hydrogen-bond acceptors (Lipinski definition) is 3. The molecule has 0 unspecified atom stereocenters. The Kier molecular flexibility index (Phi) is 3.63. The maximum Gasteiger partial charge on any atom is 0.406 e. The number of carbonyl (C=O) groups is 1. The summed E-state index contributed by atoms with van der Waals surface area (Å²) in [7, 11) is 1.35. The largest absolute Gasteiger partial charge is 0.453 e. The van der Waals surface area contributed by atoms with E-state index in [9.17, 15) is 4.79 Å². The van der Waals surface area contributed by atoms with E-state index in [1.54, 1.807) is 0 Å². The van der Waals surface area contributed by atoms with Crippen LogP contribution in [0.25, 0.3) is 5.65 Å². The van der Waals surface area contributed by atoms with Gasteiger partial charge in [0.2, 0.25) is 0 Å². The number of carbonyl (C=O) groups excluding carboxylic acids is 1. The van der Waals surface area contributed by atoms with Crippen LogP contribution >= 0.6 is 15.9 Å². The summed E-state index contributed by atoms with van der Waals surface area (Å²) >= 11 is 3.40. The van der Waals surface area contributed by atoms with Gasteiger partial charge in [-0.2, -0.15) is 0 Å². The van der Waals surface area contributed by atoms with Gasteiger partial charge in [0, 0.05) is 29.8 Å². The van der Waals surface area contributed by atoms with Crippen LogP contribution in [0.4, 0.5) is 4.79 Å². The van der Waals surface area contributed by atoms with Crippen molar-refractivity contribution in [3.8, 4) is 0 Å². The summed E-state index contributed by atoms with van der Waals surface area (Å²) in [6, 6.07) is 3.88. The quantitative estimate of drug-likeness (QED) is 0.943. The minimum Gasteiger partial charge on any atom is -0.453 e. The molecule has 0 aliphatic rings. The summed E-state index contributed by atoms with van der Waals surface area (Å²) in [5, 5.41) is 2.62. The van der Waals surface area contributed by atoms with Crippen molar-refractivity contribution in [3.05, 3.63) is 34.7 Å². The molecule has 2 aromatic heterocycles. The third-order valence-electron chi connectivity index (χ3n) is 2.30. The monoisotopic (exact) mass is 297 g/mol. The minimum atomic E-state index is -0.420. The van der Waals surface area contributed by atoms with Crippen LogP contribution in [0.3, 0.4) is 0 Å². The van der Waals surface area contributed by atoms with Gasteiger partial charge in [0.25, 0.3) is 0 Å². The maximum atomic E-state index is 10.9. The molecule has 0 fully saturated rings. The summed E-state index contributed by atoms with van der Waals surface area (Å²) in [5.74, 6) is 0. The fourth-order valence-corrected chi connectivity index (χ4v) is 1.86. The number of pyridine rings is 1. The summed E-state index contributed by atoms with van der Waals surface area (Å²) in [6.07, 6.45) is 4.14. The molecule has 0 radical (unpaired) electrons. The van der Waals surface area contributed by atoms with Crippen molar-refractivity contribution in [3.63, 3.8) is 0 Å². The normalized spacial score (nSPS) is 10.5. The Labute approximate surface area is 107 Å². The van der Waals surface area contributed by atoms with Crippen LogP contribution in [-0.4, -0.2) is 29.1 Å². The SMILES string of the molecule is COC(=O)NCCc1cn2cc(Br)ccc2n1. The second-order valence-corrected chi connectivity index (χ2v) is 4.43. The van der Waals surface area contributed by atoms with Crippen molar-refractivity contribution >= 4 is 27.7 Å². The Balaban J connectivity index is 2.02. The highest BCUT2D eigenvalue weighted by Gasteiger charge is 2.03. The smallest absolute Gasteiger partial charge is 0.406 e. The summed E-state index contributed by atoms with van der Waals surface area (Å²) in [5.41, 5.74) is 1.82. The molecule has 1 amide bonds. The van der Waals surface area contributed by atoms with Gasteiger partial charge in [0.1, 0.15) is 5.65 Å². The van der Waals surface area contributed by atoms with Gasteiger partial charge in [-0.05, 0) is 28.1 Å². The molecule has 2 heterocycles. The minimum absolute atomic E-state index is 0.420. The number of nitrogens with one attached hydrogen (secondary N) is 1. The van der Waals surface area contributed by atoms with E-state index in [1.165, 1.54) is 7.11 Å². The highest BCUT2D eigenvalue weighted by molar-refractivity contribution is 9.10. The third kappa shape index (κ3) is 2.97. The van der Waals surface area contributed by atoms with Crippen LogP contribution in [0.2, 0.25) is 0 Å². The number of halogens is 1. The lowest BCUT2D eigenvalue weighted by Crippen LogP contribution is -2.25. The molecule has 2 rings (SSSR count). The number of alkyl carbamates (subject to hydrolysis) is 1. The van der Waals surface area contributed by atoms with Gasteiger partial charge < -0.3 is 14.5 Å². The number of amides is 1. The fraction of sp³-hybridized carbons (Fsp3) is 0.273. The molecule has 1 N–H and O–H groups in total. The maximum absolute atomic E-state index is 10.9. The first-order valence-corrected chi connectivity index (χ1v) is 5.93. The van der Waals surface area contributed by atoms with Crippen molar-refractivity contribution in [1.29, 1.82) is 0 Å². The van der Waals surface area contributed by atoms with Crippen LogP contribution < -0.4 is 5.32 Å². The highest BCUT2D eigenvalue weighted by atomic mass is 79.9. The molecule has 0 atom stereocenters. The highest BCUT2D eigenvalue weighted by Crippen LogP contribution is 2.12. The molecule has 0 saturated carbocycles. The van der Waals surface area contributed by atoms with Crippen LogP contribution in [-0.2, 0) is 11.2 Å². The van der Waals surface area contributed by atoms with E-state index in [4.69, 9.17) is 0 Å². The molecule has 0 aliphatic heterocycles. The molecule has 5 nitrogen and oxygen atoms in total. The predicted molar refractivity (Wildman–Crippen MR) is 67.0 cm³/mol. The topological polar surface area (TPSA) is 55.6 Å². The predicted octanol–water partition coefficient (Wildman–Crippen LogP) is 2.00. The van der Waals surface area contributed by atoms with Crippen molar-refractivity contribution in [1.82, 2.24) is 14.7 Å². The molecule has 17 heavy (non-hydrogen) atoms. The first kappa shape index (κ1) is 11.9. The summed E-state index contributed by atoms with van der Waals surface area (Å²) in [4.78, 5) is 15.3. The lowest BCUT2D eigenvalue weighted by molar-refractivity contribution is 0.171. The zero-order valence-corrected chi connectivity index (χ0v) is 10.9. The Morgan fingerprint density at radius 2 is 2.35 bits per heavy atom. The Morgan fingerprint density at radius 3 is 3.12 bits per heavy atom. The third-order valence-corrected chi connectivity index (χ3v) is 2.77. The molecule has 0 spiro atoms. The molecule has 90 valence electrons. The van der Waals surface area contributed by atoms with E-state index in [0.717, 1.165) is 15.8 Å². The molecule has 0 bridgehead atoms. The Morgan fingerprint density at radius 1 is 1.53 bits per heavy atom. The van der Waals surface area contributed by atoms with Crippen molar-refractivity contribution in [2.75, 3.05) is 13.7 Å². The molecule has 0 saturated heterocycles. The zero-order valence-electron chi connectivity index (χ0n) is 9.31. The first-order valence-electron chi connectivity index (χ1n) is 5.14. The summed E-state index contributed by atoms with van der Waals surface area (Å²) < 4.78 is 7.42. The average Bonchev–Trinajstić information content (AvgIpc) is 2.70. The van der Waals surface area contributed by atoms with Gasteiger partial charge in [0.15, 0.2) is 0 Å². The lowest BCUT2D eigenvalue weighted by Gasteiger charge is -2.00. The number of aromatic nitrogens is 2. The van der Waals surface area contributed by atoms with Crippen molar-refractivity contribution < 1.29 is 9.53 Å². The lowest BCUT2D eigenvalue weighted by atomic mass is 10.3. The number of imidazole rings is 1. The van der Waals surface area contributed by atoms with Gasteiger partial charge in [-0.3, -0.25) is 0 Å². The van der Waals surface area contributed by atoms with E-state index >= 15 is 0 Å². The average molecular weight is 298 g/mol. The van der Waals surface area contributed by atoms with E-state index < -0.39 is 6.09 Å². The van der Waals surface area contributed by atoms with Gasteiger partial charge >= 0.3 is 6.09 Å². The first-order chi connectivity index (χ1) is 8.19. The van der Waals surface area contributed by atoms with Gasteiger partial charge in [-0.15, -0.1) is 0 Å². The van der Waals surface area contributed by atoms with Crippen LogP contribution in [0, 0.1) is 0 Å². The number of methoxy groups -OCH3 is 1. The fourth-order valence-electron chi connectivity index (χ4n) is 1.50. The second kappa shape index (κ2) is 5.18. The van der Waals surface area contributed by atoms with Crippen LogP contribution in [0.5, 0.6) is 0 Å². The van der Waals surface area contributed by atoms with E-state index in [0.29, 0.717) is 13.0 Å². The number of hydrogen-bond donors (Lipinski definition) is 1. The van der Waals surface area contributed by atoms with Crippen molar-refractivity contribution in [2.24, 2.45) is 0 Å². The second-order valence-electron chi connectivity index (χ2n) is 3.51. The number of nitrogens with zero attached hydrogens (tertiary/aromatic N) is 2. The van der Waals surface area contributed by atoms with Gasteiger partial charge in [-0.1, -0.05) is 0 Å². The molecule has 0 aliphatic carbocycles.